The van der Waals surface area contributed by atoms with E-state index in [4.69, 9.17) is 18.0 Å². The fourth-order valence-corrected chi connectivity index (χ4v) is 3.23. The Morgan fingerprint density at radius 1 is 1.40 bits per heavy atom. The highest BCUT2D eigenvalue weighted by molar-refractivity contribution is 9.10. The van der Waals surface area contributed by atoms with E-state index in [-0.39, 0.29) is 5.91 Å². The molecule has 1 amide bonds. The summed E-state index contributed by atoms with van der Waals surface area (Å²) in [6.07, 6.45) is 0. The molecular formula is C14H18BrN3OS. The van der Waals surface area contributed by atoms with Gasteiger partial charge >= 0.3 is 0 Å². The molecule has 0 saturated carbocycles. The van der Waals surface area contributed by atoms with Crippen LogP contribution >= 0.6 is 28.1 Å². The van der Waals surface area contributed by atoms with Crippen LogP contribution in [0.4, 0.5) is 5.69 Å². The van der Waals surface area contributed by atoms with Crippen molar-refractivity contribution in [3.8, 4) is 0 Å². The number of piperazine rings is 1. The summed E-state index contributed by atoms with van der Waals surface area (Å²) >= 11 is 8.54. The first kappa shape index (κ1) is 15.3. The Balaban J connectivity index is 2.41. The number of benzene rings is 1. The Morgan fingerprint density at radius 3 is 2.60 bits per heavy atom. The third kappa shape index (κ3) is 2.54. The minimum Gasteiger partial charge on any atom is -0.389 e. The third-order valence-electron chi connectivity index (χ3n) is 3.73. The minimum atomic E-state index is -0.569. The van der Waals surface area contributed by atoms with E-state index in [0.717, 1.165) is 22.3 Å². The summed E-state index contributed by atoms with van der Waals surface area (Å²) in [5.41, 5.74) is 6.87. The Kier molecular flexibility index (Phi) is 4.07. The molecule has 1 aliphatic heterocycles. The van der Waals surface area contributed by atoms with E-state index in [9.17, 15) is 4.79 Å². The average molecular weight is 356 g/mol. The van der Waals surface area contributed by atoms with E-state index in [0.29, 0.717) is 11.5 Å². The highest BCUT2D eigenvalue weighted by Gasteiger charge is 2.41. The second kappa shape index (κ2) is 5.33. The molecule has 1 heterocycles. The number of rotatable bonds is 2. The van der Waals surface area contributed by atoms with Gasteiger partial charge in [0.25, 0.3) is 0 Å². The number of amides is 1. The third-order valence-corrected chi connectivity index (χ3v) is 4.60. The number of likely N-dealkylation sites (N-methyl/N-ethyl adjacent to an activating group) is 1. The van der Waals surface area contributed by atoms with Crippen molar-refractivity contribution in [1.29, 1.82) is 0 Å². The van der Waals surface area contributed by atoms with Crippen molar-refractivity contribution in [3.05, 3.63) is 28.2 Å². The monoisotopic (exact) mass is 355 g/mol. The maximum absolute atomic E-state index is 12.3. The molecule has 2 N–H and O–H groups in total. The van der Waals surface area contributed by atoms with E-state index in [1.54, 1.807) is 4.90 Å². The summed E-state index contributed by atoms with van der Waals surface area (Å²) in [6, 6.07) is 5.75. The van der Waals surface area contributed by atoms with Gasteiger partial charge in [-0.3, -0.25) is 4.79 Å². The van der Waals surface area contributed by atoms with Gasteiger partial charge in [0.15, 0.2) is 0 Å². The van der Waals surface area contributed by atoms with Crippen LogP contribution in [0.1, 0.15) is 19.4 Å². The van der Waals surface area contributed by atoms with Crippen LogP contribution in [-0.4, -0.2) is 41.5 Å². The smallest absolute Gasteiger partial charge is 0.247 e. The molecule has 0 bridgehead atoms. The van der Waals surface area contributed by atoms with Crippen LogP contribution in [-0.2, 0) is 4.79 Å². The summed E-state index contributed by atoms with van der Waals surface area (Å²) in [5.74, 6) is 0.120. The number of hydrogen-bond donors (Lipinski definition) is 1. The van der Waals surface area contributed by atoms with E-state index in [1.165, 1.54) is 0 Å². The van der Waals surface area contributed by atoms with Crippen LogP contribution in [0, 0.1) is 0 Å². The van der Waals surface area contributed by atoms with Crippen LogP contribution < -0.4 is 10.6 Å². The zero-order valence-corrected chi connectivity index (χ0v) is 14.2. The number of anilines is 1. The Morgan fingerprint density at radius 2 is 2.05 bits per heavy atom. The fraction of sp³-hybridized carbons (Fsp3) is 0.429. The van der Waals surface area contributed by atoms with Gasteiger partial charge in [0.2, 0.25) is 5.91 Å². The van der Waals surface area contributed by atoms with Gasteiger partial charge in [0, 0.05) is 30.2 Å². The molecule has 20 heavy (non-hydrogen) atoms. The average Bonchev–Trinajstić information content (AvgIpc) is 2.37. The van der Waals surface area contributed by atoms with Gasteiger partial charge in [-0.05, 0) is 48.0 Å². The molecule has 0 radical (unpaired) electrons. The molecule has 0 atom stereocenters. The number of nitrogens with two attached hydrogens (primary N) is 1. The first-order valence-corrected chi connectivity index (χ1v) is 7.58. The van der Waals surface area contributed by atoms with Crippen molar-refractivity contribution in [2.24, 2.45) is 5.73 Å². The maximum Gasteiger partial charge on any atom is 0.247 e. The molecule has 1 saturated heterocycles. The summed E-state index contributed by atoms with van der Waals surface area (Å²) in [7, 11) is 1.84. The number of thiocarbonyl (C=S) groups is 1. The van der Waals surface area contributed by atoms with Gasteiger partial charge < -0.3 is 15.5 Å². The van der Waals surface area contributed by atoms with Crippen LogP contribution in [0.15, 0.2) is 22.7 Å². The zero-order valence-electron chi connectivity index (χ0n) is 11.8. The zero-order chi connectivity index (χ0) is 15.1. The summed E-state index contributed by atoms with van der Waals surface area (Å²) in [4.78, 5) is 16.6. The first-order valence-electron chi connectivity index (χ1n) is 6.37. The molecule has 1 fully saturated rings. The SMILES string of the molecule is CN1CCN(c2ccc(C(N)=S)cc2Br)C(C)(C)C1=O. The van der Waals surface area contributed by atoms with Crippen LogP contribution in [0.2, 0.25) is 0 Å². The summed E-state index contributed by atoms with van der Waals surface area (Å²) in [6.45, 7) is 5.39. The standard InChI is InChI=1S/C14H18BrN3OS/c1-14(2)13(19)17(3)6-7-18(14)11-5-4-9(12(16)20)8-10(11)15/h4-5,8H,6-7H2,1-3H3,(H2,16,20). The molecule has 0 spiro atoms. The predicted octanol–water partition coefficient (Wildman–Crippen LogP) is 2.14. The Labute approximate surface area is 133 Å². The van der Waals surface area contributed by atoms with Crippen molar-refractivity contribution in [2.45, 2.75) is 19.4 Å². The number of carbonyl (C=O) groups excluding carboxylic acids is 1. The lowest BCUT2D eigenvalue weighted by molar-refractivity contribution is -0.136. The number of nitrogens with zero attached hydrogens (tertiary/aromatic N) is 2. The predicted molar refractivity (Wildman–Crippen MR) is 89.1 cm³/mol. The van der Waals surface area contributed by atoms with Crippen molar-refractivity contribution in [3.63, 3.8) is 0 Å². The second-order valence-electron chi connectivity index (χ2n) is 5.47. The fourth-order valence-electron chi connectivity index (χ4n) is 2.51. The van der Waals surface area contributed by atoms with Crippen LogP contribution in [0.5, 0.6) is 0 Å². The number of hydrogen-bond acceptors (Lipinski definition) is 3. The lowest BCUT2D eigenvalue weighted by Gasteiger charge is -2.46. The van der Waals surface area contributed by atoms with Crippen LogP contribution in [0.3, 0.4) is 0 Å². The Hall–Kier alpha value is -1.14. The largest absolute Gasteiger partial charge is 0.389 e. The van der Waals surface area contributed by atoms with Gasteiger partial charge in [0.05, 0.1) is 5.69 Å². The molecule has 1 aliphatic rings. The van der Waals surface area contributed by atoms with E-state index < -0.39 is 5.54 Å². The van der Waals surface area contributed by atoms with Gasteiger partial charge in [-0.15, -0.1) is 0 Å². The molecule has 2 rings (SSSR count). The lowest BCUT2D eigenvalue weighted by Crippen LogP contribution is -2.62. The highest BCUT2D eigenvalue weighted by Crippen LogP contribution is 2.34. The van der Waals surface area contributed by atoms with Crippen molar-refractivity contribution in [2.75, 3.05) is 25.0 Å². The van der Waals surface area contributed by atoms with Gasteiger partial charge in [0.1, 0.15) is 10.5 Å². The highest BCUT2D eigenvalue weighted by atomic mass is 79.9. The van der Waals surface area contributed by atoms with E-state index in [2.05, 4.69) is 20.8 Å². The molecule has 1 aromatic rings. The summed E-state index contributed by atoms with van der Waals surface area (Å²) < 4.78 is 0.897. The molecule has 1 aromatic carbocycles. The number of carbonyl (C=O) groups is 1. The maximum atomic E-state index is 12.3. The quantitative estimate of drug-likeness (QED) is 0.825. The van der Waals surface area contributed by atoms with E-state index >= 15 is 0 Å². The van der Waals surface area contributed by atoms with Crippen molar-refractivity contribution in [1.82, 2.24) is 4.90 Å². The molecule has 0 unspecified atom stereocenters. The minimum absolute atomic E-state index is 0.120. The summed E-state index contributed by atoms with van der Waals surface area (Å²) in [5, 5.41) is 0. The Bertz CT molecular complexity index is 574. The topological polar surface area (TPSA) is 49.6 Å². The van der Waals surface area contributed by atoms with Gasteiger partial charge in [-0.1, -0.05) is 12.2 Å². The molecular weight excluding hydrogens is 338 g/mol. The molecule has 4 nitrogen and oxygen atoms in total. The normalized spacial score (nSPS) is 18.3. The van der Waals surface area contributed by atoms with Crippen molar-refractivity contribution >= 4 is 44.7 Å². The molecule has 108 valence electrons. The lowest BCUT2D eigenvalue weighted by atomic mass is 9.96. The number of halogens is 1. The molecule has 0 aliphatic carbocycles. The van der Waals surface area contributed by atoms with Crippen LogP contribution in [0.25, 0.3) is 0 Å². The van der Waals surface area contributed by atoms with E-state index in [1.807, 2.05) is 39.1 Å². The molecule has 0 aromatic heterocycles. The van der Waals surface area contributed by atoms with Gasteiger partial charge in [-0.25, -0.2) is 0 Å². The second-order valence-corrected chi connectivity index (χ2v) is 6.76. The first-order chi connectivity index (χ1) is 9.25. The molecule has 6 heteroatoms. The van der Waals surface area contributed by atoms with Gasteiger partial charge in [-0.2, -0.15) is 0 Å². The van der Waals surface area contributed by atoms with Crippen molar-refractivity contribution < 1.29 is 4.79 Å².